The number of nitrogens with one attached hydrogen (secondary N) is 1. The lowest BCUT2D eigenvalue weighted by Crippen LogP contribution is -2.07. The molecule has 1 N–H and O–H groups in total. The van der Waals surface area contributed by atoms with Crippen LogP contribution < -0.4 is 10.1 Å². The number of pyridine rings is 1. The van der Waals surface area contributed by atoms with Gasteiger partial charge in [0.1, 0.15) is 0 Å². The molecule has 2 aromatic heterocycles. The van der Waals surface area contributed by atoms with E-state index in [1.54, 1.807) is 12.1 Å². The number of hydrogen-bond donors (Lipinski definition) is 1. The Hall–Kier alpha value is -1.95. The summed E-state index contributed by atoms with van der Waals surface area (Å²) in [6.45, 7) is 3.82. The first kappa shape index (κ1) is 13.5. The first-order valence-corrected chi connectivity index (χ1v) is 6.00. The Morgan fingerprint density at radius 2 is 2.05 bits per heavy atom. The maximum Gasteiger partial charge on any atom is 0.224 e. The predicted molar refractivity (Wildman–Crippen MR) is 70.3 cm³/mol. The second-order valence-electron chi connectivity index (χ2n) is 4.01. The van der Waals surface area contributed by atoms with Gasteiger partial charge in [0.2, 0.25) is 11.2 Å². The van der Waals surface area contributed by atoms with Crippen molar-refractivity contribution in [2.24, 2.45) is 0 Å². The quantitative estimate of drug-likeness (QED) is 0.873. The van der Waals surface area contributed by atoms with Crippen LogP contribution in [0.2, 0.25) is 5.28 Å². The van der Waals surface area contributed by atoms with E-state index in [0.29, 0.717) is 11.6 Å². The Kier molecular flexibility index (Phi) is 4.11. The minimum atomic E-state index is -0.591. The Balaban J connectivity index is 2.13. The fourth-order valence-corrected chi connectivity index (χ4v) is 1.47. The van der Waals surface area contributed by atoms with Crippen LogP contribution in [0.15, 0.2) is 24.5 Å². The maximum atomic E-state index is 13.4. The summed E-state index contributed by atoms with van der Waals surface area (Å²) in [5, 5.41) is 2.73. The fourth-order valence-electron chi connectivity index (χ4n) is 1.34. The van der Waals surface area contributed by atoms with Crippen molar-refractivity contribution in [3.8, 4) is 5.88 Å². The van der Waals surface area contributed by atoms with Crippen molar-refractivity contribution in [3.63, 3.8) is 0 Å². The third-order valence-corrected chi connectivity index (χ3v) is 2.25. The third-order valence-electron chi connectivity index (χ3n) is 2.07. The van der Waals surface area contributed by atoms with Gasteiger partial charge in [-0.3, -0.25) is 0 Å². The van der Waals surface area contributed by atoms with E-state index in [0.717, 1.165) is 6.20 Å². The van der Waals surface area contributed by atoms with Gasteiger partial charge in [-0.2, -0.15) is 4.98 Å². The molecule has 0 atom stereocenters. The molecule has 0 aliphatic rings. The molecule has 0 aliphatic heterocycles. The molecule has 0 spiro atoms. The first-order chi connectivity index (χ1) is 9.04. The first-order valence-electron chi connectivity index (χ1n) is 5.62. The summed E-state index contributed by atoms with van der Waals surface area (Å²) in [5.74, 6) is -0.0898. The molecular weight excluding hydrogens is 271 g/mol. The van der Waals surface area contributed by atoms with E-state index in [-0.39, 0.29) is 17.2 Å². The largest absolute Gasteiger partial charge is 0.475 e. The Labute approximate surface area is 114 Å². The molecule has 100 valence electrons. The van der Waals surface area contributed by atoms with Crippen LogP contribution >= 0.6 is 11.6 Å². The van der Waals surface area contributed by atoms with E-state index in [2.05, 4.69) is 20.3 Å². The molecule has 0 aromatic carbocycles. The number of aromatic nitrogens is 3. The molecule has 0 unspecified atom stereocenters. The van der Waals surface area contributed by atoms with Crippen molar-refractivity contribution in [1.29, 1.82) is 0 Å². The molecule has 2 rings (SSSR count). The summed E-state index contributed by atoms with van der Waals surface area (Å²) in [6.07, 6.45) is 2.57. The molecule has 0 saturated carbocycles. The molecule has 19 heavy (non-hydrogen) atoms. The standard InChI is InChI=1S/C12H12ClFN4O/c1-7(2)19-10-4-3-8(5-15-10)17-11-9(14)6-16-12(13)18-11/h3-7H,1-2H3,(H,16,17,18). The third kappa shape index (κ3) is 3.75. The molecule has 2 heterocycles. The highest BCUT2D eigenvalue weighted by molar-refractivity contribution is 6.28. The number of anilines is 2. The second-order valence-corrected chi connectivity index (χ2v) is 4.35. The monoisotopic (exact) mass is 282 g/mol. The number of rotatable bonds is 4. The van der Waals surface area contributed by atoms with Crippen LogP contribution in [0.3, 0.4) is 0 Å². The number of ether oxygens (including phenoxy) is 1. The number of nitrogens with zero attached hydrogens (tertiary/aromatic N) is 3. The van der Waals surface area contributed by atoms with Crippen LogP contribution in [0, 0.1) is 5.82 Å². The zero-order valence-electron chi connectivity index (χ0n) is 10.4. The van der Waals surface area contributed by atoms with Crippen molar-refractivity contribution in [2.75, 3.05) is 5.32 Å². The highest BCUT2D eigenvalue weighted by Crippen LogP contribution is 2.19. The van der Waals surface area contributed by atoms with Gasteiger partial charge in [0.15, 0.2) is 11.6 Å². The van der Waals surface area contributed by atoms with Crippen LogP contribution in [0.25, 0.3) is 0 Å². The Bertz CT molecular complexity index is 562. The maximum absolute atomic E-state index is 13.4. The topological polar surface area (TPSA) is 59.9 Å². The van der Waals surface area contributed by atoms with Gasteiger partial charge < -0.3 is 10.1 Å². The molecule has 0 amide bonds. The van der Waals surface area contributed by atoms with Crippen molar-refractivity contribution in [1.82, 2.24) is 15.0 Å². The molecule has 2 aromatic rings. The van der Waals surface area contributed by atoms with Crippen molar-refractivity contribution >= 4 is 23.1 Å². The summed E-state index contributed by atoms with van der Waals surface area (Å²) in [7, 11) is 0. The van der Waals surface area contributed by atoms with E-state index in [9.17, 15) is 4.39 Å². The zero-order valence-corrected chi connectivity index (χ0v) is 11.1. The van der Waals surface area contributed by atoms with E-state index in [1.807, 2.05) is 13.8 Å². The summed E-state index contributed by atoms with van der Waals surface area (Å²) in [4.78, 5) is 11.4. The predicted octanol–water partition coefficient (Wildman–Crippen LogP) is 3.19. The lowest BCUT2D eigenvalue weighted by Gasteiger charge is -2.10. The summed E-state index contributed by atoms with van der Waals surface area (Å²) in [5.41, 5.74) is 0.574. The van der Waals surface area contributed by atoms with Crippen LogP contribution in [-0.2, 0) is 0 Å². The van der Waals surface area contributed by atoms with Crippen molar-refractivity contribution < 1.29 is 9.13 Å². The van der Waals surface area contributed by atoms with Crippen LogP contribution in [0.5, 0.6) is 5.88 Å². The molecular formula is C12H12ClFN4O. The minimum absolute atomic E-state index is 0.000622. The van der Waals surface area contributed by atoms with Gasteiger partial charge in [0.25, 0.3) is 0 Å². The fraction of sp³-hybridized carbons (Fsp3) is 0.250. The van der Waals surface area contributed by atoms with Gasteiger partial charge in [-0.15, -0.1) is 0 Å². The minimum Gasteiger partial charge on any atom is -0.475 e. The average molecular weight is 283 g/mol. The van der Waals surface area contributed by atoms with Crippen LogP contribution in [0.1, 0.15) is 13.8 Å². The van der Waals surface area contributed by atoms with Gasteiger partial charge >= 0.3 is 0 Å². The number of halogens is 2. The zero-order chi connectivity index (χ0) is 13.8. The molecule has 0 bridgehead atoms. The highest BCUT2D eigenvalue weighted by atomic mass is 35.5. The Morgan fingerprint density at radius 3 is 2.68 bits per heavy atom. The van der Waals surface area contributed by atoms with Gasteiger partial charge in [-0.05, 0) is 31.5 Å². The van der Waals surface area contributed by atoms with Gasteiger partial charge in [0.05, 0.1) is 24.2 Å². The van der Waals surface area contributed by atoms with Gasteiger partial charge in [0, 0.05) is 6.07 Å². The van der Waals surface area contributed by atoms with Crippen molar-refractivity contribution in [3.05, 3.63) is 35.6 Å². The molecule has 0 fully saturated rings. The highest BCUT2D eigenvalue weighted by Gasteiger charge is 2.07. The van der Waals surface area contributed by atoms with E-state index < -0.39 is 5.82 Å². The Morgan fingerprint density at radius 1 is 1.26 bits per heavy atom. The lowest BCUT2D eigenvalue weighted by atomic mass is 10.4. The molecule has 5 nitrogen and oxygen atoms in total. The SMILES string of the molecule is CC(C)Oc1ccc(Nc2nc(Cl)ncc2F)cn1. The van der Waals surface area contributed by atoms with Crippen LogP contribution in [0.4, 0.5) is 15.9 Å². The molecule has 7 heteroatoms. The van der Waals surface area contributed by atoms with E-state index >= 15 is 0 Å². The summed E-state index contributed by atoms with van der Waals surface area (Å²) >= 11 is 5.60. The van der Waals surface area contributed by atoms with Crippen molar-refractivity contribution in [2.45, 2.75) is 20.0 Å². The smallest absolute Gasteiger partial charge is 0.224 e. The lowest BCUT2D eigenvalue weighted by molar-refractivity contribution is 0.232. The molecule has 0 saturated heterocycles. The average Bonchev–Trinajstić information content (AvgIpc) is 2.35. The second kappa shape index (κ2) is 5.79. The summed E-state index contributed by atoms with van der Waals surface area (Å²) < 4.78 is 18.8. The van der Waals surface area contributed by atoms with Gasteiger partial charge in [-0.25, -0.2) is 14.4 Å². The van der Waals surface area contributed by atoms with Crippen LogP contribution in [-0.4, -0.2) is 21.1 Å². The van der Waals surface area contributed by atoms with E-state index in [4.69, 9.17) is 16.3 Å². The molecule has 0 aliphatic carbocycles. The molecule has 0 radical (unpaired) electrons. The van der Waals surface area contributed by atoms with E-state index in [1.165, 1.54) is 6.20 Å². The normalized spacial score (nSPS) is 10.6. The summed E-state index contributed by atoms with van der Waals surface area (Å²) in [6, 6.07) is 3.39. The number of hydrogen-bond acceptors (Lipinski definition) is 5. The van der Waals surface area contributed by atoms with Gasteiger partial charge in [-0.1, -0.05) is 0 Å².